The summed E-state index contributed by atoms with van der Waals surface area (Å²) < 4.78 is 5.55. The molecule has 0 amide bonds. The van der Waals surface area contributed by atoms with Gasteiger partial charge in [-0.15, -0.1) is 0 Å². The minimum atomic E-state index is 0.310. The molecule has 0 atom stereocenters. The van der Waals surface area contributed by atoms with Gasteiger partial charge >= 0.3 is 0 Å². The number of hydrogen-bond acceptors (Lipinski definition) is 2. The van der Waals surface area contributed by atoms with Crippen LogP contribution in [0.3, 0.4) is 0 Å². The Hall–Kier alpha value is -1.31. The van der Waals surface area contributed by atoms with Crippen LogP contribution in [0, 0.1) is 0 Å². The van der Waals surface area contributed by atoms with Crippen molar-refractivity contribution >= 4 is 5.78 Å². The third kappa shape index (κ3) is 4.47. The molecule has 1 aromatic carbocycles. The van der Waals surface area contributed by atoms with Crippen LogP contribution in [-0.4, -0.2) is 12.4 Å². The van der Waals surface area contributed by atoms with Crippen LogP contribution in [0.25, 0.3) is 0 Å². The first-order valence-electron chi connectivity index (χ1n) is 5.99. The first-order chi connectivity index (χ1) is 7.76. The number of carbonyl (C=O) groups is 1. The number of rotatable bonds is 7. The SMILES string of the molecule is CCC(=O)CCCOc1ccc(CC)cc1. The van der Waals surface area contributed by atoms with Crippen molar-refractivity contribution in [2.75, 3.05) is 6.61 Å². The van der Waals surface area contributed by atoms with Gasteiger partial charge in [-0.2, -0.15) is 0 Å². The van der Waals surface area contributed by atoms with Crippen molar-refractivity contribution in [2.45, 2.75) is 39.5 Å². The number of aryl methyl sites for hydroxylation is 1. The molecule has 16 heavy (non-hydrogen) atoms. The van der Waals surface area contributed by atoms with Crippen molar-refractivity contribution < 1.29 is 9.53 Å². The van der Waals surface area contributed by atoms with E-state index in [0.29, 0.717) is 25.2 Å². The summed E-state index contributed by atoms with van der Waals surface area (Å²) in [5.74, 6) is 1.20. The lowest BCUT2D eigenvalue weighted by molar-refractivity contribution is -0.118. The second-order valence-electron chi connectivity index (χ2n) is 3.84. The van der Waals surface area contributed by atoms with Crippen LogP contribution in [0.15, 0.2) is 24.3 Å². The molecule has 1 rings (SSSR count). The molecule has 1 aromatic rings. The molecule has 0 N–H and O–H groups in total. The number of carbonyl (C=O) groups excluding carboxylic acids is 1. The fourth-order valence-corrected chi connectivity index (χ4v) is 1.46. The Morgan fingerprint density at radius 1 is 1.19 bits per heavy atom. The number of benzene rings is 1. The maximum Gasteiger partial charge on any atom is 0.132 e. The molecule has 0 radical (unpaired) electrons. The highest BCUT2D eigenvalue weighted by atomic mass is 16.5. The lowest BCUT2D eigenvalue weighted by Crippen LogP contribution is -2.02. The third-order valence-electron chi connectivity index (χ3n) is 2.59. The van der Waals surface area contributed by atoms with E-state index in [9.17, 15) is 4.79 Å². The number of hydrogen-bond donors (Lipinski definition) is 0. The first-order valence-corrected chi connectivity index (χ1v) is 5.99. The number of ketones is 1. The highest BCUT2D eigenvalue weighted by Crippen LogP contribution is 2.12. The maximum absolute atomic E-state index is 11.1. The fraction of sp³-hybridized carbons (Fsp3) is 0.500. The van der Waals surface area contributed by atoms with Crippen LogP contribution in [-0.2, 0) is 11.2 Å². The second-order valence-corrected chi connectivity index (χ2v) is 3.84. The van der Waals surface area contributed by atoms with Crippen LogP contribution in [0.1, 0.15) is 38.7 Å². The van der Waals surface area contributed by atoms with Gasteiger partial charge in [-0.1, -0.05) is 26.0 Å². The normalized spacial score (nSPS) is 10.1. The molecule has 88 valence electrons. The molecule has 0 saturated carbocycles. The van der Waals surface area contributed by atoms with Gasteiger partial charge < -0.3 is 4.74 Å². The van der Waals surface area contributed by atoms with Crippen LogP contribution in [0.4, 0.5) is 0 Å². The van der Waals surface area contributed by atoms with E-state index in [2.05, 4.69) is 19.1 Å². The molecular weight excluding hydrogens is 200 g/mol. The summed E-state index contributed by atoms with van der Waals surface area (Å²) >= 11 is 0. The predicted octanol–water partition coefficient (Wildman–Crippen LogP) is 3.39. The van der Waals surface area contributed by atoms with Crippen molar-refractivity contribution in [3.63, 3.8) is 0 Å². The lowest BCUT2D eigenvalue weighted by Gasteiger charge is -2.06. The summed E-state index contributed by atoms with van der Waals surface area (Å²) in [4.78, 5) is 11.1. The molecule has 2 nitrogen and oxygen atoms in total. The molecule has 0 spiro atoms. The summed E-state index contributed by atoms with van der Waals surface area (Å²) in [6, 6.07) is 8.13. The van der Waals surface area contributed by atoms with Crippen molar-refractivity contribution in [2.24, 2.45) is 0 Å². The minimum absolute atomic E-state index is 0.310. The average molecular weight is 220 g/mol. The Morgan fingerprint density at radius 3 is 2.44 bits per heavy atom. The van der Waals surface area contributed by atoms with Gasteiger partial charge in [0.25, 0.3) is 0 Å². The quantitative estimate of drug-likeness (QED) is 0.658. The average Bonchev–Trinajstić information content (AvgIpc) is 2.35. The van der Waals surface area contributed by atoms with Gasteiger partial charge in [0.2, 0.25) is 0 Å². The second kappa shape index (κ2) is 7.04. The Balaban J connectivity index is 2.24. The van der Waals surface area contributed by atoms with E-state index in [-0.39, 0.29) is 0 Å². The van der Waals surface area contributed by atoms with E-state index in [1.807, 2.05) is 19.1 Å². The zero-order valence-corrected chi connectivity index (χ0v) is 10.2. The molecule has 0 fully saturated rings. The van der Waals surface area contributed by atoms with Crippen LogP contribution >= 0.6 is 0 Å². The fourth-order valence-electron chi connectivity index (χ4n) is 1.46. The Kier molecular flexibility index (Phi) is 5.62. The number of Topliss-reactive ketones (excluding diaryl/α,β-unsaturated/α-hetero) is 1. The van der Waals surface area contributed by atoms with Crippen molar-refractivity contribution in [3.8, 4) is 5.75 Å². The van der Waals surface area contributed by atoms with E-state index in [4.69, 9.17) is 4.74 Å². The molecule has 0 aliphatic carbocycles. The van der Waals surface area contributed by atoms with Crippen molar-refractivity contribution in [3.05, 3.63) is 29.8 Å². The van der Waals surface area contributed by atoms with Gasteiger partial charge in [0, 0.05) is 12.8 Å². The Bertz CT molecular complexity index is 314. The molecule has 0 bridgehead atoms. The summed E-state index contributed by atoms with van der Waals surface area (Å²) in [7, 11) is 0. The predicted molar refractivity (Wildman–Crippen MR) is 65.8 cm³/mol. The van der Waals surface area contributed by atoms with E-state index < -0.39 is 0 Å². The zero-order chi connectivity index (χ0) is 11.8. The van der Waals surface area contributed by atoms with E-state index in [1.54, 1.807) is 0 Å². The van der Waals surface area contributed by atoms with E-state index in [1.165, 1.54) is 5.56 Å². The van der Waals surface area contributed by atoms with Gasteiger partial charge in [0.1, 0.15) is 11.5 Å². The molecule has 0 unspecified atom stereocenters. The van der Waals surface area contributed by atoms with Gasteiger partial charge in [-0.3, -0.25) is 4.79 Å². The Morgan fingerprint density at radius 2 is 1.88 bits per heavy atom. The topological polar surface area (TPSA) is 26.3 Å². The van der Waals surface area contributed by atoms with Gasteiger partial charge in [-0.25, -0.2) is 0 Å². The largest absolute Gasteiger partial charge is 0.494 e. The summed E-state index contributed by atoms with van der Waals surface area (Å²) in [6.07, 6.45) is 3.11. The first kappa shape index (κ1) is 12.8. The molecule has 0 heterocycles. The molecule has 0 saturated heterocycles. The van der Waals surface area contributed by atoms with Gasteiger partial charge in [0.05, 0.1) is 6.61 Å². The van der Waals surface area contributed by atoms with Gasteiger partial charge in [0.15, 0.2) is 0 Å². The number of ether oxygens (including phenoxy) is 1. The molecule has 0 aliphatic rings. The summed E-state index contributed by atoms with van der Waals surface area (Å²) in [5, 5.41) is 0. The van der Waals surface area contributed by atoms with Crippen LogP contribution < -0.4 is 4.74 Å². The highest BCUT2D eigenvalue weighted by Gasteiger charge is 1.98. The summed E-state index contributed by atoms with van der Waals surface area (Å²) in [6.45, 7) is 4.65. The molecular formula is C14H20O2. The van der Waals surface area contributed by atoms with Crippen molar-refractivity contribution in [1.82, 2.24) is 0 Å². The molecule has 2 heteroatoms. The standard InChI is InChI=1S/C14H20O2/c1-3-12-7-9-14(10-8-12)16-11-5-6-13(15)4-2/h7-10H,3-6,11H2,1-2H3. The zero-order valence-electron chi connectivity index (χ0n) is 10.2. The molecule has 0 aromatic heterocycles. The van der Waals surface area contributed by atoms with Crippen LogP contribution in [0.5, 0.6) is 5.75 Å². The van der Waals surface area contributed by atoms with Crippen molar-refractivity contribution in [1.29, 1.82) is 0 Å². The van der Waals surface area contributed by atoms with E-state index in [0.717, 1.165) is 18.6 Å². The van der Waals surface area contributed by atoms with Gasteiger partial charge in [-0.05, 0) is 30.5 Å². The lowest BCUT2D eigenvalue weighted by atomic mass is 10.2. The monoisotopic (exact) mass is 220 g/mol. The minimum Gasteiger partial charge on any atom is -0.494 e. The smallest absolute Gasteiger partial charge is 0.132 e. The maximum atomic E-state index is 11.1. The van der Waals surface area contributed by atoms with E-state index >= 15 is 0 Å². The molecule has 0 aliphatic heterocycles. The summed E-state index contributed by atoms with van der Waals surface area (Å²) in [5.41, 5.74) is 1.31. The Labute approximate surface area is 97.6 Å². The third-order valence-corrected chi connectivity index (χ3v) is 2.59. The highest BCUT2D eigenvalue weighted by molar-refractivity contribution is 5.77. The van der Waals surface area contributed by atoms with Crippen LogP contribution in [0.2, 0.25) is 0 Å².